The molecule has 2 heterocycles. The van der Waals surface area contributed by atoms with Gasteiger partial charge in [0.1, 0.15) is 25.0 Å². The number of nitrogens with one attached hydrogen (secondary N) is 1. The molecule has 1 aliphatic heterocycles. The largest absolute Gasteiger partial charge is 0.480 e. The van der Waals surface area contributed by atoms with Gasteiger partial charge in [-0.15, -0.1) is 0 Å². The molecule has 1 saturated heterocycles. The third-order valence-corrected chi connectivity index (χ3v) is 3.55. The van der Waals surface area contributed by atoms with Crippen molar-refractivity contribution in [3.05, 3.63) is 32.9 Å². The number of hydrogen-bond acceptors (Lipinski definition) is 8. The normalized spacial score (nSPS) is 24.0. The number of aromatic nitrogens is 2. The van der Waals surface area contributed by atoms with Gasteiger partial charge in [0.25, 0.3) is 5.56 Å². The van der Waals surface area contributed by atoms with Crippen LogP contribution < -0.4 is 17.0 Å². The maximum Gasteiger partial charge on any atom is 0.330 e. The Morgan fingerprint density at radius 2 is 2.20 bits per heavy atom. The Morgan fingerprint density at radius 3 is 2.84 bits per heavy atom. The van der Waals surface area contributed by atoms with Gasteiger partial charge in [0, 0.05) is 6.42 Å². The zero-order valence-electron chi connectivity index (χ0n) is 12.8. The first kappa shape index (κ1) is 18.8. The van der Waals surface area contributed by atoms with E-state index in [9.17, 15) is 28.7 Å². The van der Waals surface area contributed by atoms with Gasteiger partial charge >= 0.3 is 17.6 Å². The van der Waals surface area contributed by atoms with E-state index in [1.807, 2.05) is 0 Å². The van der Waals surface area contributed by atoms with Crippen LogP contribution >= 0.6 is 0 Å². The summed E-state index contributed by atoms with van der Waals surface area (Å²) < 4.78 is 24.2. The van der Waals surface area contributed by atoms with Crippen molar-refractivity contribution in [1.29, 1.82) is 0 Å². The molecule has 12 heteroatoms. The van der Waals surface area contributed by atoms with E-state index < -0.39 is 66.5 Å². The number of carboxylic acid groups (broad SMARTS) is 1. The Bertz CT molecular complexity index is 775. The lowest BCUT2D eigenvalue weighted by atomic mass is 10.2. The minimum absolute atomic E-state index is 0.109. The first-order valence-corrected chi connectivity index (χ1v) is 7.17. The summed E-state index contributed by atoms with van der Waals surface area (Å²) in [5, 5.41) is 18.5. The molecule has 0 unspecified atom stereocenters. The monoisotopic (exact) mass is 361 g/mol. The van der Waals surface area contributed by atoms with Crippen LogP contribution in [0, 0.1) is 5.82 Å². The minimum atomic E-state index is -1.42. The van der Waals surface area contributed by atoms with Crippen molar-refractivity contribution in [3.63, 3.8) is 0 Å². The number of hydrogen-bond donors (Lipinski definition) is 4. The number of carbonyl (C=O) groups is 2. The lowest BCUT2D eigenvalue weighted by Gasteiger charge is -2.16. The van der Waals surface area contributed by atoms with Crippen molar-refractivity contribution >= 4 is 11.9 Å². The highest BCUT2D eigenvalue weighted by Crippen LogP contribution is 2.27. The van der Waals surface area contributed by atoms with Crippen molar-refractivity contribution in [1.82, 2.24) is 9.55 Å². The number of carbonyl (C=O) groups excluding carboxylic acids is 1. The molecular formula is C13H16FN3O8. The van der Waals surface area contributed by atoms with Crippen molar-refractivity contribution in [2.75, 3.05) is 6.61 Å². The molecule has 25 heavy (non-hydrogen) atoms. The number of nitrogens with two attached hydrogens (primary N) is 1. The van der Waals surface area contributed by atoms with E-state index in [4.69, 9.17) is 20.3 Å². The number of H-pyrrole nitrogens is 1. The fourth-order valence-electron chi connectivity index (χ4n) is 2.21. The molecule has 0 aliphatic carbocycles. The molecule has 0 aromatic carbocycles. The van der Waals surface area contributed by atoms with Crippen LogP contribution in [0.3, 0.4) is 0 Å². The quantitative estimate of drug-likeness (QED) is 0.405. The van der Waals surface area contributed by atoms with E-state index in [2.05, 4.69) is 0 Å². The van der Waals surface area contributed by atoms with E-state index in [-0.39, 0.29) is 6.42 Å². The Morgan fingerprint density at radius 1 is 1.52 bits per heavy atom. The molecule has 0 amide bonds. The summed E-state index contributed by atoms with van der Waals surface area (Å²) in [4.78, 5) is 46.4. The number of aliphatic hydroxyl groups excluding tert-OH is 1. The SMILES string of the molecule is N[C@@H](CC(=O)OC[C@H]1O[C@@H](n2cc(F)c(=O)[nH]c2=O)C[C@@H]1O)C(=O)O. The number of carboxylic acids is 1. The second-order valence-corrected chi connectivity index (χ2v) is 5.41. The lowest BCUT2D eigenvalue weighted by molar-refractivity contribution is -0.153. The number of aliphatic carboxylic acids is 1. The van der Waals surface area contributed by atoms with Crippen molar-refractivity contribution in [2.45, 2.75) is 37.3 Å². The smallest absolute Gasteiger partial charge is 0.330 e. The minimum Gasteiger partial charge on any atom is -0.480 e. The number of rotatable bonds is 6. The van der Waals surface area contributed by atoms with Crippen LogP contribution in [0.25, 0.3) is 0 Å². The molecule has 11 nitrogen and oxygen atoms in total. The lowest BCUT2D eigenvalue weighted by Crippen LogP contribution is -2.35. The topological polar surface area (TPSA) is 174 Å². The number of halogens is 1. The summed E-state index contributed by atoms with van der Waals surface area (Å²) in [6, 6.07) is -1.42. The van der Waals surface area contributed by atoms with E-state index in [0.717, 1.165) is 4.57 Å². The molecule has 0 radical (unpaired) electrons. The molecule has 4 atom stereocenters. The Labute approximate surface area is 138 Å². The van der Waals surface area contributed by atoms with E-state index >= 15 is 0 Å². The summed E-state index contributed by atoms with van der Waals surface area (Å²) >= 11 is 0. The highest BCUT2D eigenvalue weighted by molar-refractivity contribution is 5.81. The van der Waals surface area contributed by atoms with Crippen LogP contribution in [0.2, 0.25) is 0 Å². The first-order chi connectivity index (χ1) is 11.7. The predicted molar refractivity (Wildman–Crippen MR) is 77.0 cm³/mol. The van der Waals surface area contributed by atoms with Crippen molar-refractivity contribution in [2.24, 2.45) is 5.73 Å². The summed E-state index contributed by atoms with van der Waals surface area (Å²) in [6.45, 7) is -0.413. The van der Waals surface area contributed by atoms with E-state index in [0.29, 0.717) is 6.20 Å². The zero-order chi connectivity index (χ0) is 18.7. The van der Waals surface area contributed by atoms with Crippen LogP contribution in [-0.4, -0.2) is 56.6 Å². The van der Waals surface area contributed by atoms with Crippen LogP contribution in [0.15, 0.2) is 15.8 Å². The first-order valence-electron chi connectivity index (χ1n) is 7.17. The number of aromatic amines is 1. The van der Waals surface area contributed by atoms with Crippen molar-refractivity contribution in [3.8, 4) is 0 Å². The van der Waals surface area contributed by atoms with Gasteiger partial charge in [-0.25, -0.2) is 4.79 Å². The zero-order valence-corrected chi connectivity index (χ0v) is 12.8. The van der Waals surface area contributed by atoms with Crippen LogP contribution in [0.4, 0.5) is 4.39 Å². The molecular weight excluding hydrogens is 345 g/mol. The molecule has 1 aliphatic rings. The predicted octanol–water partition coefficient (Wildman–Crippen LogP) is -2.33. The highest BCUT2D eigenvalue weighted by atomic mass is 19.1. The standard InChI is InChI=1S/C13H16FN3O8/c14-5-3-17(13(23)16-11(5)20)9-2-7(18)8(25-9)4-24-10(19)1-6(15)12(21)22/h3,6-9,18H,1-2,4,15H2,(H,21,22)(H,16,20,23)/t6-,7-,8+,9+/m0/s1. The fourth-order valence-corrected chi connectivity index (χ4v) is 2.21. The van der Waals surface area contributed by atoms with E-state index in [1.54, 1.807) is 4.98 Å². The number of aliphatic hydroxyl groups is 1. The Hall–Kier alpha value is -2.57. The summed E-state index contributed by atoms with van der Waals surface area (Å²) in [5.74, 6) is -3.47. The van der Waals surface area contributed by atoms with Crippen LogP contribution in [0.5, 0.6) is 0 Å². The van der Waals surface area contributed by atoms with E-state index in [1.165, 1.54) is 0 Å². The molecule has 1 aromatic heterocycles. The van der Waals surface area contributed by atoms with Crippen LogP contribution in [0.1, 0.15) is 19.1 Å². The molecule has 2 rings (SSSR count). The third kappa shape index (κ3) is 4.49. The second kappa shape index (κ2) is 7.55. The molecule has 138 valence electrons. The summed E-state index contributed by atoms with van der Waals surface area (Å²) in [5.41, 5.74) is 3.08. The molecule has 0 spiro atoms. The van der Waals surface area contributed by atoms with Gasteiger partial charge in [-0.2, -0.15) is 4.39 Å². The fraction of sp³-hybridized carbons (Fsp3) is 0.538. The average Bonchev–Trinajstić information content (AvgIpc) is 2.89. The van der Waals surface area contributed by atoms with Gasteiger partial charge in [0.15, 0.2) is 0 Å². The maximum atomic E-state index is 13.3. The molecule has 0 bridgehead atoms. The molecule has 5 N–H and O–H groups in total. The number of ether oxygens (including phenoxy) is 2. The molecule has 1 fully saturated rings. The average molecular weight is 361 g/mol. The van der Waals surface area contributed by atoms with Gasteiger partial charge in [0.2, 0.25) is 5.82 Å². The Balaban J connectivity index is 1.97. The molecule has 0 saturated carbocycles. The van der Waals surface area contributed by atoms with Gasteiger partial charge in [-0.3, -0.25) is 23.9 Å². The summed E-state index contributed by atoms with van der Waals surface area (Å²) in [7, 11) is 0. The van der Waals surface area contributed by atoms with Gasteiger partial charge in [-0.1, -0.05) is 0 Å². The second-order valence-electron chi connectivity index (χ2n) is 5.41. The number of esters is 1. The van der Waals surface area contributed by atoms with Gasteiger partial charge < -0.3 is 25.4 Å². The van der Waals surface area contributed by atoms with Gasteiger partial charge in [0.05, 0.1) is 18.7 Å². The van der Waals surface area contributed by atoms with Crippen molar-refractivity contribution < 1.29 is 33.7 Å². The number of nitrogens with zero attached hydrogens (tertiary/aromatic N) is 1. The maximum absolute atomic E-state index is 13.3. The molecule has 1 aromatic rings. The summed E-state index contributed by atoms with van der Waals surface area (Å²) in [6.07, 6.45) is -3.24. The third-order valence-electron chi connectivity index (χ3n) is 3.55. The Kier molecular flexibility index (Phi) is 5.66. The highest BCUT2D eigenvalue weighted by Gasteiger charge is 2.36. The van der Waals surface area contributed by atoms with Gasteiger partial charge in [-0.05, 0) is 0 Å². The van der Waals surface area contributed by atoms with Crippen LogP contribution in [-0.2, 0) is 19.1 Å².